The van der Waals surface area contributed by atoms with Crippen molar-refractivity contribution in [2.24, 2.45) is 5.73 Å². The third-order valence-corrected chi connectivity index (χ3v) is 6.06. The van der Waals surface area contributed by atoms with Crippen LogP contribution >= 0.6 is 11.6 Å². The van der Waals surface area contributed by atoms with Crippen LogP contribution in [-0.4, -0.2) is 45.6 Å². The summed E-state index contributed by atoms with van der Waals surface area (Å²) in [6, 6.07) is 1.76. The average Bonchev–Trinajstić information content (AvgIpc) is 3.36. The lowest BCUT2D eigenvalue weighted by Gasteiger charge is -2.34. The minimum atomic E-state index is -2.84. The first kappa shape index (κ1) is 21.5. The molecule has 0 spiro atoms. The van der Waals surface area contributed by atoms with E-state index in [0.717, 1.165) is 36.4 Å². The highest BCUT2D eigenvalue weighted by Gasteiger charge is 2.39. The molecule has 3 amide bonds. The number of primary amides is 1. The van der Waals surface area contributed by atoms with Crippen molar-refractivity contribution in [2.75, 3.05) is 6.54 Å². The molecular weight excluding hydrogens is 435 g/mol. The Balaban J connectivity index is 1.74. The first-order valence-corrected chi connectivity index (χ1v) is 10.3. The van der Waals surface area contributed by atoms with Crippen LogP contribution in [0.2, 0.25) is 5.02 Å². The first-order valence-electron chi connectivity index (χ1n) is 9.96. The van der Waals surface area contributed by atoms with E-state index in [1.807, 2.05) is 0 Å². The van der Waals surface area contributed by atoms with Gasteiger partial charge in [-0.05, 0) is 31.0 Å². The molecule has 1 aromatic carbocycles. The number of amides is 3. The van der Waals surface area contributed by atoms with Gasteiger partial charge in [0.1, 0.15) is 17.6 Å². The molecule has 3 N–H and O–H groups in total. The van der Waals surface area contributed by atoms with Gasteiger partial charge in [-0.1, -0.05) is 24.4 Å². The highest BCUT2D eigenvalue weighted by atomic mass is 35.5. The van der Waals surface area contributed by atoms with Gasteiger partial charge in [0.05, 0.1) is 29.4 Å². The van der Waals surface area contributed by atoms with E-state index < -0.39 is 30.2 Å². The minimum Gasteiger partial charge on any atom is -0.365 e. The maximum Gasteiger partial charge on any atom is 0.318 e. The molecule has 1 saturated carbocycles. The highest BCUT2D eigenvalue weighted by molar-refractivity contribution is 6.31. The van der Waals surface area contributed by atoms with Crippen LogP contribution in [-0.2, 0) is 6.54 Å². The Hall–Kier alpha value is -2.75. The molecule has 1 fully saturated rings. The van der Waals surface area contributed by atoms with Crippen LogP contribution in [0, 0.1) is 5.82 Å². The Bertz CT molecular complexity index is 1020. The van der Waals surface area contributed by atoms with Gasteiger partial charge in [0.25, 0.3) is 12.3 Å². The predicted octanol–water partition coefficient (Wildman–Crippen LogP) is 3.72. The number of fused-ring (bicyclic) bond motifs is 1. The van der Waals surface area contributed by atoms with E-state index in [1.54, 1.807) is 0 Å². The summed E-state index contributed by atoms with van der Waals surface area (Å²) in [6.07, 6.45) is 0.862. The van der Waals surface area contributed by atoms with Crippen molar-refractivity contribution >= 4 is 23.5 Å². The van der Waals surface area contributed by atoms with Gasteiger partial charge in [0.15, 0.2) is 0 Å². The molecule has 2 heterocycles. The molecule has 2 aliphatic rings. The van der Waals surface area contributed by atoms with E-state index in [9.17, 15) is 22.8 Å². The van der Waals surface area contributed by atoms with E-state index >= 15 is 0 Å². The van der Waals surface area contributed by atoms with Crippen LogP contribution in [0.4, 0.5) is 18.0 Å². The van der Waals surface area contributed by atoms with Crippen molar-refractivity contribution in [3.63, 3.8) is 0 Å². The van der Waals surface area contributed by atoms with E-state index in [4.69, 9.17) is 17.3 Å². The van der Waals surface area contributed by atoms with Crippen molar-refractivity contribution in [1.29, 1.82) is 0 Å². The number of benzene rings is 1. The second-order valence-electron chi connectivity index (χ2n) is 7.82. The topological polar surface area (TPSA) is 93.2 Å². The van der Waals surface area contributed by atoms with Crippen molar-refractivity contribution in [2.45, 2.75) is 50.7 Å². The Labute approximate surface area is 181 Å². The second kappa shape index (κ2) is 8.41. The lowest BCUT2D eigenvalue weighted by Crippen LogP contribution is -2.50. The Kier molecular flexibility index (Phi) is 5.83. The van der Waals surface area contributed by atoms with Gasteiger partial charge in [-0.3, -0.25) is 9.48 Å². The summed E-state index contributed by atoms with van der Waals surface area (Å²) in [5.41, 5.74) is 5.86. The van der Waals surface area contributed by atoms with Crippen LogP contribution in [0.1, 0.15) is 47.8 Å². The fourth-order valence-corrected chi connectivity index (χ4v) is 4.41. The van der Waals surface area contributed by atoms with E-state index in [2.05, 4.69) is 10.4 Å². The Morgan fingerprint density at radius 3 is 2.58 bits per heavy atom. The van der Waals surface area contributed by atoms with Crippen molar-refractivity contribution in [1.82, 2.24) is 20.0 Å². The molecular formula is C20H21ClF3N5O2. The summed E-state index contributed by atoms with van der Waals surface area (Å²) in [5, 5.41) is 6.88. The Morgan fingerprint density at radius 1 is 1.26 bits per heavy atom. The lowest BCUT2D eigenvalue weighted by molar-refractivity contribution is 0.0423. The number of nitrogens with two attached hydrogens (primary N) is 1. The van der Waals surface area contributed by atoms with Gasteiger partial charge in [-0.2, -0.15) is 5.10 Å². The summed E-state index contributed by atoms with van der Waals surface area (Å²) in [5.74, 6) is -1.56. The van der Waals surface area contributed by atoms with Crippen molar-refractivity contribution in [3.8, 4) is 11.3 Å². The van der Waals surface area contributed by atoms with E-state index in [-0.39, 0.29) is 46.7 Å². The van der Waals surface area contributed by atoms with Gasteiger partial charge in [0.2, 0.25) is 0 Å². The number of nitrogens with zero attached hydrogens (tertiary/aromatic N) is 3. The van der Waals surface area contributed by atoms with Crippen LogP contribution in [0.3, 0.4) is 0 Å². The summed E-state index contributed by atoms with van der Waals surface area (Å²) in [6.45, 7) is -0.380. The monoisotopic (exact) mass is 455 g/mol. The van der Waals surface area contributed by atoms with Gasteiger partial charge in [-0.15, -0.1) is 0 Å². The van der Waals surface area contributed by atoms with Gasteiger partial charge in [-0.25, -0.2) is 18.0 Å². The molecule has 1 atom stereocenters. The molecule has 1 aliphatic heterocycles. The lowest BCUT2D eigenvalue weighted by atomic mass is 10.0. The molecule has 0 radical (unpaired) electrons. The van der Waals surface area contributed by atoms with Gasteiger partial charge < -0.3 is 16.0 Å². The fraction of sp³-hybridized carbons (Fsp3) is 0.450. The zero-order chi connectivity index (χ0) is 22.3. The fourth-order valence-electron chi connectivity index (χ4n) is 4.23. The average molecular weight is 456 g/mol. The number of alkyl halides is 2. The van der Waals surface area contributed by atoms with Gasteiger partial charge in [0, 0.05) is 11.6 Å². The van der Waals surface area contributed by atoms with Crippen LogP contribution in [0.15, 0.2) is 18.2 Å². The summed E-state index contributed by atoms with van der Waals surface area (Å²) in [4.78, 5) is 26.3. The number of rotatable bonds is 4. The zero-order valence-corrected chi connectivity index (χ0v) is 17.2. The number of carbonyl (C=O) groups is 2. The molecule has 166 valence electrons. The SMILES string of the molecule is NC(=O)c1c(-c2ccc(F)c(Cl)c2)nn2c1CN(C(=O)NC1CCCC1)CC2C(F)F. The standard InChI is InChI=1S/C20H21ClF3N5O2/c21-12-7-10(5-6-13(12)22)17-16(19(25)30)14-8-28(9-15(18(23)24)29(14)27-17)20(31)26-11-3-1-2-4-11/h5-7,11,15,18H,1-4,8-9H2,(H2,25,30)(H,26,31). The third kappa shape index (κ3) is 4.08. The van der Waals surface area contributed by atoms with Crippen LogP contribution in [0.5, 0.6) is 0 Å². The summed E-state index contributed by atoms with van der Waals surface area (Å²) in [7, 11) is 0. The normalized spacial score (nSPS) is 19.0. The zero-order valence-electron chi connectivity index (χ0n) is 16.5. The highest BCUT2D eigenvalue weighted by Crippen LogP contribution is 2.35. The molecule has 1 aromatic heterocycles. The predicted molar refractivity (Wildman–Crippen MR) is 107 cm³/mol. The Morgan fingerprint density at radius 2 is 1.97 bits per heavy atom. The summed E-state index contributed by atoms with van der Waals surface area (Å²) < 4.78 is 42.4. The largest absolute Gasteiger partial charge is 0.365 e. The number of nitrogens with one attached hydrogen (secondary N) is 1. The molecule has 1 unspecified atom stereocenters. The maximum atomic E-state index is 13.9. The number of carbonyl (C=O) groups excluding carboxylic acids is 2. The summed E-state index contributed by atoms with van der Waals surface area (Å²) >= 11 is 5.84. The third-order valence-electron chi connectivity index (χ3n) is 5.77. The molecule has 4 rings (SSSR count). The van der Waals surface area contributed by atoms with E-state index in [0.29, 0.717) is 0 Å². The molecule has 0 bridgehead atoms. The van der Waals surface area contributed by atoms with Crippen molar-refractivity contribution in [3.05, 3.63) is 40.3 Å². The van der Waals surface area contributed by atoms with Crippen molar-refractivity contribution < 1.29 is 22.8 Å². The van der Waals surface area contributed by atoms with Crippen LogP contribution < -0.4 is 11.1 Å². The number of aromatic nitrogens is 2. The number of halogens is 4. The first-order chi connectivity index (χ1) is 14.8. The number of urea groups is 1. The molecule has 0 saturated heterocycles. The second-order valence-corrected chi connectivity index (χ2v) is 8.23. The quantitative estimate of drug-likeness (QED) is 0.735. The molecule has 7 nitrogen and oxygen atoms in total. The molecule has 31 heavy (non-hydrogen) atoms. The molecule has 2 aromatic rings. The molecule has 11 heteroatoms. The minimum absolute atomic E-state index is 0.0110. The molecule has 1 aliphatic carbocycles. The maximum absolute atomic E-state index is 13.9. The van der Waals surface area contributed by atoms with Crippen LogP contribution in [0.25, 0.3) is 11.3 Å². The number of hydrogen-bond donors (Lipinski definition) is 2. The van der Waals surface area contributed by atoms with Gasteiger partial charge >= 0.3 is 6.03 Å². The number of hydrogen-bond acceptors (Lipinski definition) is 3. The van der Waals surface area contributed by atoms with E-state index in [1.165, 1.54) is 17.0 Å². The smallest absolute Gasteiger partial charge is 0.318 e.